The highest BCUT2D eigenvalue weighted by atomic mass is 32.2. The Morgan fingerprint density at radius 3 is 2.48 bits per heavy atom. The zero-order valence-corrected chi connectivity index (χ0v) is 14.5. The van der Waals surface area contributed by atoms with E-state index < -0.39 is 16.1 Å². The molecule has 0 aromatic heterocycles. The summed E-state index contributed by atoms with van der Waals surface area (Å²) in [7, 11) is 2.99. The van der Waals surface area contributed by atoms with Gasteiger partial charge in [-0.3, -0.25) is 10.1 Å². The molecule has 0 aliphatic rings. The molecule has 7 nitrogen and oxygen atoms in total. The zero-order valence-electron chi connectivity index (χ0n) is 13.7. The van der Waals surface area contributed by atoms with Gasteiger partial charge in [0.1, 0.15) is 0 Å². The van der Waals surface area contributed by atoms with E-state index in [1.165, 1.54) is 20.3 Å². The predicted molar refractivity (Wildman–Crippen MR) is 93.4 cm³/mol. The largest absolute Gasteiger partial charge is 0.493 e. The third-order valence-corrected chi connectivity index (χ3v) is 4.80. The van der Waals surface area contributed by atoms with E-state index in [2.05, 4.69) is 0 Å². The van der Waals surface area contributed by atoms with Gasteiger partial charge in [0, 0.05) is 9.82 Å². The Balaban J connectivity index is 2.41. The lowest BCUT2D eigenvalue weighted by Crippen LogP contribution is -2.11. The average Bonchev–Trinajstić information content (AvgIpc) is 2.60. The van der Waals surface area contributed by atoms with Gasteiger partial charge in [0.05, 0.1) is 25.0 Å². The maximum Gasteiger partial charge on any atom is 0.336 e. The first kappa shape index (κ1) is 18.6. The highest BCUT2D eigenvalue weighted by molar-refractivity contribution is 7.99. The molecule has 2 aromatic rings. The van der Waals surface area contributed by atoms with Gasteiger partial charge in [-0.05, 0) is 29.8 Å². The van der Waals surface area contributed by atoms with Crippen molar-refractivity contribution in [1.82, 2.24) is 0 Å². The van der Waals surface area contributed by atoms with Crippen molar-refractivity contribution in [3.05, 3.63) is 63.7 Å². The Bertz CT molecular complexity index is 779. The molecule has 0 aliphatic carbocycles. The van der Waals surface area contributed by atoms with Crippen LogP contribution in [-0.4, -0.2) is 36.8 Å². The number of carboxylic acid groups (broad SMARTS) is 1. The van der Waals surface area contributed by atoms with Crippen LogP contribution in [0, 0.1) is 10.1 Å². The van der Waals surface area contributed by atoms with Gasteiger partial charge in [0.25, 0.3) is 0 Å². The van der Waals surface area contributed by atoms with Gasteiger partial charge in [-0.1, -0.05) is 18.2 Å². The molecule has 2 rings (SSSR count). The molecular formula is C17H17NO6S. The molecule has 0 saturated carbocycles. The molecule has 0 radical (unpaired) electrons. The highest BCUT2D eigenvalue weighted by Crippen LogP contribution is 2.40. The van der Waals surface area contributed by atoms with Crippen LogP contribution >= 0.6 is 11.8 Å². The minimum atomic E-state index is -1.07. The molecule has 0 bridgehead atoms. The van der Waals surface area contributed by atoms with Crippen molar-refractivity contribution in [3.8, 4) is 11.5 Å². The van der Waals surface area contributed by atoms with Crippen LogP contribution in [0.5, 0.6) is 11.5 Å². The van der Waals surface area contributed by atoms with Gasteiger partial charge in [-0.25, -0.2) is 4.79 Å². The topological polar surface area (TPSA) is 98.9 Å². The number of hydrogen-bond donors (Lipinski definition) is 1. The van der Waals surface area contributed by atoms with E-state index in [1.807, 2.05) is 0 Å². The first-order chi connectivity index (χ1) is 12.0. The van der Waals surface area contributed by atoms with Crippen LogP contribution in [-0.2, 0) is 0 Å². The van der Waals surface area contributed by atoms with Gasteiger partial charge >= 0.3 is 5.97 Å². The van der Waals surface area contributed by atoms with Crippen LogP contribution in [0.2, 0.25) is 0 Å². The molecule has 0 heterocycles. The Morgan fingerprint density at radius 1 is 1.20 bits per heavy atom. The molecule has 8 heteroatoms. The summed E-state index contributed by atoms with van der Waals surface area (Å²) < 4.78 is 10.4. The number of methoxy groups -OCH3 is 2. The molecule has 0 fully saturated rings. The second kappa shape index (κ2) is 8.39. The first-order valence-electron chi connectivity index (χ1n) is 7.29. The molecule has 1 N–H and O–H groups in total. The van der Waals surface area contributed by atoms with E-state index in [1.54, 1.807) is 36.4 Å². The minimum Gasteiger partial charge on any atom is -0.493 e. The zero-order chi connectivity index (χ0) is 18.4. The molecule has 2 aromatic carbocycles. The molecule has 0 unspecified atom stereocenters. The number of rotatable bonds is 8. The molecular weight excluding hydrogens is 346 g/mol. The number of aromatic carboxylic acids is 1. The Morgan fingerprint density at radius 2 is 1.88 bits per heavy atom. The van der Waals surface area contributed by atoms with Crippen LogP contribution < -0.4 is 9.47 Å². The van der Waals surface area contributed by atoms with Crippen molar-refractivity contribution < 1.29 is 24.3 Å². The van der Waals surface area contributed by atoms with E-state index in [0.717, 1.165) is 11.8 Å². The fraction of sp³-hybridized carbons (Fsp3) is 0.235. The summed E-state index contributed by atoms with van der Waals surface area (Å²) in [4.78, 5) is 22.5. The SMILES string of the molecule is COc1ccc([C@H](C[N+](=O)[O-])Sc2ccccc2C(=O)O)cc1OC. The van der Waals surface area contributed by atoms with Crippen molar-refractivity contribution in [2.24, 2.45) is 0 Å². The summed E-state index contributed by atoms with van der Waals surface area (Å²) in [5.74, 6) is -0.0993. The number of nitro groups is 1. The van der Waals surface area contributed by atoms with Crippen LogP contribution in [0.1, 0.15) is 21.2 Å². The minimum absolute atomic E-state index is 0.112. The fourth-order valence-corrected chi connectivity index (χ4v) is 3.52. The van der Waals surface area contributed by atoms with Crippen LogP contribution in [0.4, 0.5) is 0 Å². The number of carboxylic acids is 1. The van der Waals surface area contributed by atoms with Crippen molar-refractivity contribution >= 4 is 17.7 Å². The van der Waals surface area contributed by atoms with Crippen LogP contribution in [0.15, 0.2) is 47.4 Å². The summed E-state index contributed by atoms with van der Waals surface area (Å²) in [5, 5.41) is 19.8. The number of ether oxygens (including phenoxy) is 2. The lowest BCUT2D eigenvalue weighted by Gasteiger charge is -2.16. The standard InChI is InChI=1S/C17H17NO6S/c1-23-13-8-7-11(9-14(13)24-2)16(10-18(21)22)25-15-6-4-3-5-12(15)17(19)20/h3-9,16H,10H2,1-2H3,(H,19,20)/t16-/m0/s1. The monoisotopic (exact) mass is 363 g/mol. The Labute approximate surface area is 148 Å². The lowest BCUT2D eigenvalue weighted by molar-refractivity contribution is -0.479. The molecule has 0 amide bonds. The fourth-order valence-electron chi connectivity index (χ4n) is 2.30. The third-order valence-electron chi connectivity index (χ3n) is 3.48. The molecule has 0 spiro atoms. The van der Waals surface area contributed by atoms with E-state index in [4.69, 9.17) is 9.47 Å². The number of nitrogens with zero attached hydrogens (tertiary/aromatic N) is 1. The molecule has 25 heavy (non-hydrogen) atoms. The van der Waals surface area contributed by atoms with Crippen molar-refractivity contribution in [2.75, 3.05) is 20.8 Å². The number of carbonyl (C=O) groups is 1. The second-order valence-electron chi connectivity index (χ2n) is 5.04. The van der Waals surface area contributed by atoms with E-state index in [0.29, 0.717) is 22.0 Å². The average molecular weight is 363 g/mol. The van der Waals surface area contributed by atoms with Gasteiger partial charge in [-0.15, -0.1) is 11.8 Å². The van der Waals surface area contributed by atoms with Crippen LogP contribution in [0.25, 0.3) is 0 Å². The van der Waals surface area contributed by atoms with Gasteiger partial charge < -0.3 is 14.6 Å². The second-order valence-corrected chi connectivity index (χ2v) is 6.28. The highest BCUT2D eigenvalue weighted by Gasteiger charge is 2.23. The normalized spacial score (nSPS) is 11.6. The summed E-state index contributed by atoms with van der Waals surface area (Å²) in [6.07, 6.45) is 0. The van der Waals surface area contributed by atoms with Crippen LogP contribution in [0.3, 0.4) is 0 Å². The Kier molecular flexibility index (Phi) is 6.24. The molecule has 132 valence electrons. The summed E-state index contributed by atoms with van der Waals surface area (Å²) >= 11 is 1.14. The number of benzene rings is 2. The van der Waals surface area contributed by atoms with E-state index >= 15 is 0 Å². The Hall–Kier alpha value is -2.74. The van der Waals surface area contributed by atoms with Gasteiger partial charge in [0.15, 0.2) is 11.5 Å². The maximum atomic E-state index is 11.4. The maximum absolute atomic E-state index is 11.4. The van der Waals surface area contributed by atoms with Gasteiger partial charge in [0.2, 0.25) is 6.54 Å². The summed E-state index contributed by atoms with van der Waals surface area (Å²) in [5.41, 5.74) is 0.765. The summed E-state index contributed by atoms with van der Waals surface area (Å²) in [6.45, 7) is -0.353. The lowest BCUT2D eigenvalue weighted by atomic mass is 10.1. The van der Waals surface area contributed by atoms with Crippen molar-refractivity contribution in [1.29, 1.82) is 0 Å². The molecule has 0 saturated heterocycles. The predicted octanol–water partition coefficient (Wildman–Crippen LogP) is 3.51. The quantitative estimate of drug-likeness (QED) is 0.435. The smallest absolute Gasteiger partial charge is 0.336 e. The first-order valence-corrected chi connectivity index (χ1v) is 8.17. The number of hydrogen-bond acceptors (Lipinski definition) is 6. The van der Waals surface area contributed by atoms with E-state index in [-0.39, 0.29) is 12.1 Å². The van der Waals surface area contributed by atoms with Crippen molar-refractivity contribution in [2.45, 2.75) is 10.1 Å². The van der Waals surface area contributed by atoms with E-state index in [9.17, 15) is 20.0 Å². The third kappa shape index (κ3) is 4.63. The van der Waals surface area contributed by atoms with Gasteiger partial charge in [-0.2, -0.15) is 0 Å². The molecule has 0 aliphatic heterocycles. The van der Waals surface area contributed by atoms with Crippen molar-refractivity contribution in [3.63, 3.8) is 0 Å². The molecule has 1 atom stereocenters. The number of thioether (sulfide) groups is 1. The summed E-state index contributed by atoms with van der Waals surface area (Å²) in [6, 6.07) is 11.5.